The van der Waals surface area contributed by atoms with Gasteiger partial charge in [-0.25, -0.2) is 4.79 Å². The van der Waals surface area contributed by atoms with E-state index in [0.29, 0.717) is 18.7 Å². The third-order valence-electron chi connectivity index (χ3n) is 2.18. The van der Waals surface area contributed by atoms with Crippen molar-refractivity contribution in [2.75, 3.05) is 6.54 Å². The third kappa shape index (κ3) is 1.29. The largest absolute Gasteiger partial charge is 0.333 e. The second kappa shape index (κ2) is 3.42. The van der Waals surface area contributed by atoms with Crippen LogP contribution in [0.1, 0.15) is 22.2 Å². The molecule has 0 bridgehead atoms. The van der Waals surface area contributed by atoms with Crippen molar-refractivity contribution in [1.29, 1.82) is 0 Å². The molecule has 3 amide bonds. The second-order valence-corrected chi connectivity index (χ2v) is 3.97. The number of fused-ring (bicyclic) bond motifs is 1. The molecule has 0 aromatic carbocycles. The van der Waals surface area contributed by atoms with E-state index in [2.05, 4.69) is 5.32 Å². The fraction of sp³-hybridized carbons (Fsp3) is 0.333. The average Bonchev–Trinajstić information content (AvgIpc) is 2.59. The van der Waals surface area contributed by atoms with E-state index in [-0.39, 0.29) is 11.9 Å². The van der Waals surface area contributed by atoms with E-state index in [1.807, 2.05) is 5.38 Å². The third-order valence-corrected chi connectivity index (χ3v) is 3.10. The highest BCUT2D eigenvalue weighted by Crippen LogP contribution is 2.20. The molecule has 0 aliphatic carbocycles. The van der Waals surface area contributed by atoms with Crippen molar-refractivity contribution in [2.45, 2.75) is 13.5 Å². The molecule has 1 aliphatic heterocycles. The van der Waals surface area contributed by atoms with Gasteiger partial charge in [0.05, 0.1) is 12.1 Å². The number of urea groups is 1. The maximum absolute atomic E-state index is 11.8. The number of carbonyl (C=O) groups excluding carboxylic acids is 2. The van der Waals surface area contributed by atoms with E-state index in [9.17, 15) is 9.59 Å². The highest BCUT2D eigenvalue weighted by atomic mass is 32.1. The van der Waals surface area contributed by atoms with Gasteiger partial charge in [-0.15, -0.1) is 11.3 Å². The summed E-state index contributed by atoms with van der Waals surface area (Å²) in [5, 5.41) is 4.56. The van der Waals surface area contributed by atoms with Crippen LogP contribution in [0.5, 0.6) is 0 Å². The SMILES string of the molecule is CCN1C(=O)NCc2sccc2C1=O. The summed E-state index contributed by atoms with van der Waals surface area (Å²) in [7, 11) is 0. The molecular weight excluding hydrogens is 200 g/mol. The van der Waals surface area contributed by atoms with Crippen LogP contribution in [0.2, 0.25) is 0 Å². The molecule has 1 aliphatic rings. The number of rotatable bonds is 1. The number of hydrogen-bond acceptors (Lipinski definition) is 3. The van der Waals surface area contributed by atoms with Crippen LogP contribution in [0.25, 0.3) is 0 Å². The Kier molecular flexibility index (Phi) is 2.25. The Morgan fingerprint density at radius 2 is 2.36 bits per heavy atom. The zero-order chi connectivity index (χ0) is 10.1. The summed E-state index contributed by atoms with van der Waals surface area (Å²) in [5.74, 6) is -0.196. The molecule has 0 saturated heterocycles. The first-order valence-electron chi connectivity index (χ1n) is 4.40. The minimum Gasteiger partial charge on any atom is -0.333 e. The molecule has 0 saturated carbocycles. The standard InChI is InChI=1S/C9H10N2O2S/c1-2-11-8(12)6-3-4-14-7(6)5-10-9(11)13/h3-4H,2,5H2,1H3,(H,10,13). The average molecular weight is 210 g/mol. The number of carbonyl (C=O) groups is 2. The Hall–Kier alpha value is -1.36. The normalized spacial score (nSPS) is 16.2. The van der Waals surface area contributed by atoms with Gasteiger partial charge in [0, 0.05) is 11.4 Å². The van der Waals surface area contributed by atoms with Crippen LogP contribution in [-0.2, 0) is 6.54 Å². The Labute approximate surface area is 85.5 Å². The Bertz CT molecular complexity index is 386. The van der Waals surface area contributed by atoms with Crippen LogP contribution in [0.4, 0.5) is 4.79 Å². The molecule has 14 heavy (non-hydrogen) atoms. The van der Waals surface area contributed by atoms with Gasteiger partial charge in [0.1, 0.15) is 0 Å². The maximum Gasteiger partial charge on any atom is 0.324 e. The number of thiophene rings is 1. The van der Waals surface area contributed by atoms with Crippen LogP contribution >= 0.6 is 11.3 Å². The molecule has 4 nitrogen and oxygen atoms in total. The molecule has 74 valence electrons. The summed E-state index contributed by atoms with van der Waals surface area (Å²) in [6, 6.07) is 1.46. The first-order valence-corrected chi connectivity index (χ1v) is 5.28. The molecule has 0 radical (unpaired) electrons. The molecular formula is C9H10N2O2S. The van der Waals surface area contributed by atoms with Gasteiger partial charge < -0.3 is 5.32 Å². The summed E-state index contributed by atoms with van der Waals surface area (Å²) >= 11 is 1.49. The van der Waals surface area contributed by atoms with Crippen LogP contribution in [-0.4, -0.2) is 23.4 Å². The first kappa shape index (κ1) is 9.21. The topological polar surface area (TPSA) is 49.4 Å². The summed E-state index contributed by atoms with van der Waals surface area (Å²) in [4.78, 5) is 25.4. The van der Waals surface area contributed by atoms with E-state index in [4.69, 9.17) is 0 Å². The van der Waals surface area contributed by atoms with Gasteiger partial charge in [0.25, 0.3) is 5.91 Å². The van der Waals surface area contributed by atoms with Crippen molar-refractivity contribution in [3.63, 3.8) is 0 Å². The number of hydrogen-bond donors (Lipinski definition) is 1. The molecule has 1 N–H and O–H groups in total. The van der Waals surface area contributed by atoms with Gasteiger partial charge in [-0.3, -0.25) is 9.69 Å². The summed E-state index contributed by atoms with van der Waals surface area (Å²) < 4.78 is 0. The van der Waals surface area contributed by atoms with E-state index < -0.39 is 0 Å². The van der Waals surface area contributed by atoms with Gasteiger partial charge in [0.15, 0.2) is 0 Å². The Morgan fingerprint density at radius 1 is 1.57 bits per heavy atom. The minimum atomic E-state index is -0.305. The van der Waals surface area contributed by atoms with Crippen molar-refractivity contribution in [2.24, 2.45) is 0 Å². The van der Waals surface area contributed by atoms with Gasteiger partial charge in [-0.2, -0.15) is 0 Å². The van der Waals surface area contributed by atoms with E-state index in [1.54, 1.807) is 13.0 Å². The van der Waals surface area contributed by atoms with Crippen LogP contribution in [0.15, 0.2) is 11.4 Å². The maximum atomic E-state index is 11.8. The van der Waals surface area contributed by atoms with Crippen LogP contribution < -0.4 is 5.32 Å². The lowest BCUT2D eigenvalue weighted by atomic mass is 10.2. The zero-order valence-electron chi connectivity index (χ0n) is 7.74. The van der Waals surface area contributed by atoms with Crippen molar-refractivity contribution >= 4 is 23.3 Å². The molecule has 0 unspecified atom stereocenters. The summed E-state index contributed by atoms with van der Waals surface area (Å²) in [6.45, 7) is 2.64. The van der Waals surface area contributed by atoms with Gasteiger partial charge >= 0.3 is 6.03 Å². The number of nitrogens with zero attached hydrogens (tertiary/aromatic N) is 1. The fourth-order valence-corrected chi connectivity index (χ4v) is 2.25. The van der Waals surface area contributed by atoms with E-state index in [0.717, 1.165) is 4.88 Å². The predicted octanol–water partition coefficient (Wildman–Crippen LogP) is 1.43. The van der Waals surface area contributed by atoms with Crippen molar-refractivity contribution in [1.82, 2.24) is 10.2 Å². The zero-order valence-corrected chi connectivity index (χ0v) is 8.56. The second-order valence-electron chi connectivity index (χ2n) is 2.97. The molecule has 2 rings (SSSR count). The summed E-state index contributed by atoms with van der Waals surface area (Å²) in [6.07, 6.45) is 0. The minimum absolute atomic E-state index is 0.196. The van der Waals surface area contributed by atoms with Crippen LogP contribution in [0, 0.1) is 0 Å². The van der Waals surface area contributed by atoms with Crippen molar-refractivity contribution in [3.05, 3.63) is 21.9 Å². The van der Waals surface area contributed by atoms with E-state index in [1.165, 1.54) is 16.2 Å². The Morgan fingerprint density at radius 3 is 3.07 bits per heavy atom. The monoisotopic (exact) mass is 210 g/mol. The lowest BCUT2D eigenvalue weighted by Gasteiger charge is -2.15. The lowest BCUT2D eigenvalue weighted by Crippen LogP contribution is -2.40. The number of imide groups is 1. The van der Waals surface area contributed by atoms with Gasteiger partial charge in [-0.05, 0) is 18.4 Å². The van der Waals surface area contributed by atoms with Gasteiger partial charge in [0.2, 0.25) is 0 Å². The summed E-state index contributed by atoms with van der Waals surface area (Å²) in [5.41, 5.74) is 0.648. The molecule has 0 atom stereocenters. The predicted molar refractivity (Wildman–Crippen MR) is 53.3 cm³/mol. The molecule has 0 fully saturated rings. The smallest absolute Gasteiger partial charge is 0.324 e. The highest BCUT2D eigenvalue weighted by Gasteiger charge is 2.27. The molecule has 1 aromatic rings. The van der Waals surface area contributed by atoms with Crippen molar-refractivity contribution < 1.29 is 9.59 Å². The molecule has 5 heteroatoms. The molecule has 2 heterocycles. The van der Waals surface area contributed by atoms with Crippen molar-refractivity contribution in [3.8, 4) is 0 Å². The Balaban J connectivity index is 2.42. The first-order chi connectivity index (χ1) is 6.74. The number of nitrogens with one attached hydrogen (secondary N) is 1. The lowest BCUT2D eigenvalue weighted by molar-refractivity contribution is 0.0813. The quantitative estimate of drug-likeness (QED) is 0.762. The number of amides is 3. The highest BCUT2D eigenvalue weighted by molar-refractivity contribution is 7.10. The van der Waals surface area contributed by atoms with E-state index >= 15 is 0 Å². The molecule has 1 aromatic heterocycles. The van der Waals surface area contributed by atoms with Gasteiger partial charge in [-0.1, -0.05) is 0 Å². The molecule has 0 spiro atoms. The van der Waals surface area contributed by atoms with Crippen LogP contribution in [0.3, 0.4) is 0 Å². The fourth-order valence-electron chi connectivity index (χ4n) is 1.44.